The van der Waals surface area contributed by atoms with Gasteiger partial charge in [0.1, 0.15) is 11.9 Å². The fourth-order valence-electron chi connectivity index (χ4n) is 2.52. The summed E-state index contributed by atoms with van der Waals surface area (Å²) in [5.41, 5.74) is 1.60. The number of aromatic nitrogens is 3. The number of para-hydroxylation sites is 1. The highest BCUT2D eigenvalue weighted by molar-refractivity contribution is 5.78. The van der Waals surface area contributed by atoms with Crippen LogP contribution in [-0.2, 0) is 13.0 Å². The molecule has 0 saturated heterocycles. The standard InChI is InChI=1S/C17H19N3O/c1-2-10-20-11-9-18-17(20)12-16(21)15-8-7-13-5-3-4-6-14(13)19-15/h3-9,11,16,21H,2,10,12H2,1H3. The van der Waals surface area contributed by atoms with Crippen molar-refractivity contribution in [3.63, 3.8) is 0 Å². The fourth-order valence-corrected chi connectivity index (χ4v) is 2.52. The van der Waals surface area contributed by atoms with Crippen LogP contribution in [0.5, 0.6) is 0 Å². The Labute approximate surface area is 124 Å². The normalized spacial score (nSPS) is 12.7. The third-order valence-electron chi connectivity index (χ3n) is 3.60. The molecule has 1 aromatic carbocycles. The smallest absolute Gasteiger partial charge is 0.111 e. The van der Waals surface area contributed by atoms with E-state index in [1.807, 2.05) is 42.6 Å². The predicted octanol–water partition coefficient (Wildman–Crippen LogP) is 3.12. The molecule has 0 fully saturated rings. The first kappa shape index (κ1) is 13.8. The molecule has 0 aliphatic heterocycles. The van der Waals surface area contributed by atoms with E-state index in [0.29, 0.717) is 12.1 Å². The molecule has 2 heterocycles. The minimum Gasteiger partial charge on any atom is -0.386 e. The van der Waals surface area contributed by atoms with Crippen LogP contribution in [0.25, 0.3) is 10.9 Å². The highest BCUT2D eigenvalue weighted by Crippen LogP contribution is 2.19. The largest absolute Gasteiger partial charge is 0.386 e. The Morgan fingerprint density at radius 2 is 2.05 bits per heavy atom. The Bertz CT molecular complexity index is 735. The van der Waals surface area contributed by atoms with Gasteiger partial charge in [-0.2, -0.15) is 0 Å². The van der Waals surface area contributed by atoms with E-state index in [1.165, 1.54) is 0 Å². The lowest BCUT2D eigenvalue weighted by Gasteiger charge is -2.12. The summed E-state index contributed by atoms with van der Waals surface area (Å²) in [4.78, 5) is 8.88. The Kier molecular flexibility index (Phi) is 3.97. The second kappa shape index (κ2) is 6.06. The first-order valence-corrected chi connectivity index (χ1v) is 7.31. The molecule has 0 saturated carbocycles. The van der Waals surface area contributed by atoms with E-state index in [2.05, 4.69) is 21.5 Å². The molecule has 0 aliphatic carbocycles. The highest BCUT2D eigenvalue weighted by atomic mass is 16.3. The van der Waals surface area contributed by atoms with E-state index in [1.54, 1.807) is 6.20 Å². The van der Waals surface area contributed by atoms with E-state index < -0.39 is 6.10 Å². The second-order valence-electron chi connectivity index (χ2n) is 5.19. The van der Waals surface area contributed by atoms with Crippen molar-refractivity contribution < 1.29 is 5.11 Å². The molecule has 21 heavy (non-hydrogen) atoms. The van der Waals surface area contributed by atoms with Gasteiger partial charge in [0.15, 0.2) is 0 Å². The van der Waals surface area contributed by atoms with Gasteiger partial charge >= 0.3 is 0 Å². The molecule has 0 aliphatic rings. The number of imidazole rings is 1. The van der Waals surface area contributed by atoms with Crippen LogP contribution in [0.2, 0.25) is 0 Å². The molecule has 0 spiro atoms. The maximum absolute atomic E-state index is 10.4. The molecule has 4 nitrogen and oxygen atoms in total. The molecule has 2 aromatic heterocycles. The average molecular weight is 281 g/mol. The minimum absolute atomic E-state index is 0.484. The van der Waals surface area contributed by atoms with Gasteiger partial charge in [0.2, 0.25) is 0 Å². The quantitative estimate of drug-likeness (QED) is 0.781. The van der Waals surface area contributed by atoms with Gasteiger partial charge in [-0.1, -0.05) is 31.2 Å². The number of benzene rings is 1. The zero-order chi connectivity index (χ0) is 14.7. The van der Waals surface area contributed by atoms with Crippen molar-refractivity contribution in [2.45, 2.75) is 32.4 Å². The van der Waals surface area contributed by atoms with Gasteiger partial charge in [0, 0.05) is 30.7 Å². The van der Waals surface area contributed by atoms with Crippen molar-refractivity contribution in [1.82, 2.24) is 14.5 Å². The number of aryl methyl sites for hydroxylation is 1. The number of fused-ring (bicyclic) bond motifs is 1. The number of nitrogens with zero attached hydrogens (tertiary/aromatic N) is 3. The number of hydrogen-bond acceptors (Lipinski definition) is 3. The van der Waals surface area contributed by atoms with E-state index >= 15 is 0 Å². The lowest BCUT2D eigenvalue weighted by atomic mass is 10.1. The van der Waals surface area contributed by atoms with Crippen molar-refractivity contribution in [3.05, 3.63) is 60.3 Å². The van der Waals surface area contributed by atoms with Crippen LogP contribution >= 0.6 is 0 Å². The summed E-state index contributed by atoms with van der Waals surface area (Å²) in [6.45, 7) is 3.05. The van der Waals surface area contributed by atoms with Gasteiger partial charge < -0.3 is 9.67 Å². The first-order chi connectivity index (χ1) is 10.3. The molecule has 0 bridgehead atoms. The zero-order valence-electron chi connectivity index (χ0n) is 12.1. The molecular formula is C17H19N3O. The molecule has 3 rings (SSSR count). The number of rotatable bonds is 5. The van der Waals surface area contributed by atoms with Crippen molar-refractivity contribution in [2.75, 3.05) is 0 Å². The molecule has 108 valence electrons. The average Bonchev–Trinajstić information content (AvgIpc) is 2.94. The van der Waals surface area contributed by atoms with Gasteiger partial charge in [-0.3, -0.25) is 4.98 Å². The van der Waals surface area contributed by atoms with Crippen LogP contribution in [0.1, 0.15) is 31.0 Å². The summed E-state index contributed by atoms with van der Waals surface area (Å²) < 4.78 is 2.09. The van der Waals surface area contributed by atoms with Gasteiger partial charge in [-0.15, -0.1) is 0 Å². The summed E-state index contributed by atoms with van der Waals surface area (Å²) in [6, 6.07) is 11.8. The van der Waals surface area contributed by atoms with Crippen LogP contribution in [0.3, 0.4) is 0 Å². The number of hydrogen-bond donors (Lipinski definition) is 1. The van der Waals surface area contributed by atoms with Crippen LogP contribution in [0.15, 0.2) is 48.8 Å². The topological polar surface area (TPSA) is 50.9 Å². The monoisotopic (exact) mass is 281 g/mol. The number of aliphatic hydroxyl groups is 1. The summed E-state index contributed by atoms with van der Waals surface area (Å²) in [5.74, 6) is 0.902. The fraction of sp³-hybridized carbons (Fsp3) is 0.294. The molecule has 0 amide bonds. The molecule has 1 unspecified atom stereocenters. The van der Waals surface area contributed by atoms with Gasteiger partial charge in [0.05, 0.1) is 11.2 Å². The van der Waals surface area contributed by atoms with Crippen LogP contribution in [0.4, 0.5) is 0 Å². The van der Waals surface area contributed by atoms with Crippen LogP contribution in [0, 0.1) is 0 Å². The molecule has 4 heteroatoms. The maximum atomic E-state index is 10.4. The van der Waals surface area contributed by atoms with Gasteiger partial charge in [-0.05, 0) is 18.6 Å². The van der Waals surface area contributed by atoms with Crippen molar-refractivity contribution in [2.24, 2.45) is 0 Å². The maximum Gasteiger partial charge on any atom is 0.111 e. The van der Waals surface area contributed by atoms with Crippen molar-refractivity contribution in [1.29, 1.82) is 0 Å². The Morgan fingerprint density at radius 3 is 2.90 bits per heavy atom. The first-order valence-electron chi connectivity index (χ1n) is 7.31. The lowest BCUT2D eigenvalue weighted by Crippen LogP contribution is -2.10. The van der Waals surface area contributed by atoms with Crippen molar-refractivity contribution >= 4 is 10.9 Å². The van der Waals surface area contributed by atoms with Gasteiger partial charge in [-0.25, -0.2) is 4.98 Å². The van der Waals surface area contributed by atoms with Crippen LogP contribution in [-0.4, -0.2) is 19.6 Å². The second-order valence-corrected chi connectivity index (χ2v) is 5.19. The van der Waals surface area contributed by atoms with Crippen LogP contribution < -0.4 is 0 Å². The number of pyridine rings is 1. The molecule has 3 aromatic rings. The molecular weight excluding hydrogens is 262 g/mol. The Hall–Kier alpha value is -2.20. The number of aliphatic hydroxyl groups excluding tert-OH is 1. The summed E-state index contributed by atoms with van der Waals surface area (Å²) >= 11 is 0. The van der Waals surface area contributed by atoms with E-state index in [-0.39, 0.29) is 0 Å². The molecule has 0 radical (unpaired) electrons. The minimum atomic E-state index is -0.632. The van der Waals surface area contributed by atoms with E-state index in [0.717, 1.165) is 29.7 Å². The van der Waals surface area contributed by atoms with E-state index in [9.17, 15) is 5.11 Å². The Morgan fingerprint density at radius 1 is 1.19 bits per heavy atom. The Balaban J connectivity index is 1.83. The van der Waals surface area contributed by atoms with E-state index in [4.69, 9.17) is 0 Å². The molecule has 1 N–H and O–H groups in total. The van der Waals surface area contributed by atoms with Crippen molar-refractivity contribution in [3.8, 4) is 0 Å². The SMILES string of the molecule is CCCn1ccnc1CC(O)c1ccc2ccccc2n1. The predicted molar refractivity (Wildman–Crippen MR) is 82.9 cm³/mol. The summed E-state index contributed by atoms with van der Waals surface area (Å²) in [5, 5.41) is 11.5. The molecule has 1 atom stereocenters. The zero-order valence-corrected chi connectivity index (χ0v) is 12.1. The highest BCUT2D eigenvalue weighted by Gasteiger charge is 2.14. The third kappa shape index (κ3) is 2.95. The third-order valence-corrected chi connectivity index (χ3v) is 3.60. The lowest BCUT2D eigenvalue weighted by molar-refractivity contribution is 0.170. The summed E-state index contributed by atoms with van der Waals surface area (Å²) in [7, 11) is 0. The van der Waals surface area contributed by atoms with Gasteiger partial charge in [0.25, 0.3) is 0 Å². The summed E-state index contributed by atoms with van der Waals surface area (Å²) in [6.07, 6.45) is 4.64.